The van der Waals surface area contributed by atoms with Crippen molar-refractivity contribution in [3.8, 4) is 27.9 Å². The van der Waals surface area contributed by atoms with Crippen molar-refractivity contribution >= 4 is 11.3 Å². The van der Waals surface area contributed by atoms with Crippen LogP contribution >= 0.6 is 11.3 Å². The monoisotopic (exact) mass is 461 g/mol. The van der Waals surface area contributed by atoms with Crippen LogP contribution < -0.4 is 17.0 Å². The Kier molecular flexibility index (Phi) is 7.59. The smallest absolute Gasteiger partial charge is 0.231 e. The molecule has 3 aromatic carbocycles. The van der Waals surface area contributed by atoms with Crippen molar-refractivity contribution in [1.82, 2.24) is 0 Å². The van der Waals surface area contributed by atoms with E-state index in [-0.39, 0.29) is 12.4 Å². The van der Waals surface area contributed by atoms with E-state index in [2.05, 4.69) is 106 Å². The third-order valence-corrected chi connectivity index (χ3v) is 7.04. The number of thiazole rings is 1. The summed E-state index contributed by atoms with van der Waals surface area (Å²) in [6, 6.07) is 20.5. The molecule has 4 aromatic rings. The minimum absolute atomic E-state index is 0. The van der Waals surface area contributed by atoms with Crippen LogP contribution in [-0.2, 0) is 12.8 Å². The third kappa shape index (κ3) is 4.67. The molecule has 0 spiro atoms. The fourth-order valence-electron chi connectivity index (χ4n) is 4.75. The van der Waals surface area contributed by atoms with Gasteiger partial charge in [0.05, 0.1) is 16.0 Å². The number of benzene rings is 3. The number of aromatic nitrogens is 1. The van der Waals surface area contributed by atoms with Gasteiger partial charge in [0.2, 0.25) is 16.9 Å². The van der Waals surface area contributed by atoms with E-state index in [0.29, 0.717) is 0 Å². The van der Waals surface area contributed by atoms with Gasteiger partial charge in [0.25, 0.3) is 0 Å². The molecule has 0 aliphatic heterocycles. The highest BCUT2D eigenvalue weighted by atomic mass is 35.5. The van der Waals surface area contributed by atoms with Crippen molar-refractivity contribution in [3.63, 3.8) is 0 Å². The van der Waals surface area contributed by atoms with Crippen LogP contribution in [0.3, 0.4) is 0 Å². The van der Waals surface area contributed by atoms with E-state index in [1.807, 2.05) is 11.3 Å². The molecule has 0 fully saturated rings. The molecule has 0 saturated heterocycles. The fraction of sp³-hybridized carbons (Fsp3) is 0.276. The Morgan fingerprint density at radius 3 is 1.56 bits per heavy atom. The Balaban J connectivity index is 0.00000289. The molecule has 0 radical (unpaired) electrons. The Morgan fingerprint density at radius 1 is 0.688 bits per heavy atom. The van der Waals surface area contributed by atoms with E-state index in [4.69, 9.17) is 0 Å². The largest absolute Gasteiger partial charge is 1.00 e. The van der Waals surface area contributed by atoms with Crippen molar-refractivity contribution in [2.45, 2.75) is 54.4 Å². The standard InChI is InChI=1S/C29H32NS.ClH/c1-7-27-28(8-2)31-18-30(27)29-25(23-14-19(3)12-20(4)15-23)10-9-11-26(29)24-16-21(5)13-22(6)17-24;/h9-18H,7-8H2,1-6H3;1H/q+1;/p-1. The molecule has 32 heavy (non-hydrogen) atoms. The molecule has 166 valence electrons. The van der Waals surface area contributed by atoms with Crippen molar-refractivity contribution in [3.05, 3.63) is 92.9 Å². The van der Waals surface area contributed by atoms with Crippen molar-refractivity contribution in [2.75, 3.05) is 0 Å². The van der Waals surface area contributed by atoms with Crippen molar-refractivity contribution in [1.29, 1.82) is 0 Å². The Morgan fingerprint density at radius 2 is 1.16 bits per heavy atom. The first kappa shape index (κ1) is 24.2. The molecule has 0 aliphatic rings. The normalized spacial score (nSPS) is 10.8. The lowest BCUT2D eigenvalue weighted by molar-refractivity contribution is -0.597. The van der Waals surface area contributed by atoms with E-state index in [9.17, 15) is 0 Å². The highest BCUT2D eigenvalue weighted by Crippen LogP contribution is 2.35. The molecule has 0 amide bonds. The highest BCUT2D eigenvalue weighted by molar-refractivity contribution is 7.09. The topological polar surface area (TPSA) is 3.88 Å². The summed E-state index contributed by atoms with van der Waals surface area (Å²) in [7, 11) is 0. The average Bonchev–Trinajstić information content (AvgIpc) is 3.14. The van der Waals surface area contributed by atoms with E-state index < -0.39 is 0 Å². The summed E-state index contributed by atoms with van der Waals surface area (Å²) in [5, 5.41) is 0. The minimum Gasteiger partial charge on any atom is -1.00 e. The molecular formula is C29H32ClNS. The fourth-order valence-corrected chi connectivity index (χ4v) is 5.76. The predicted molar refractivity (Wildman–Crippen MR) is 134 cm³/mol. The van der Waals surface area contributed by atoms with E-state index >= 15 is 0 Å². The molecular weight excluding hydrogens is 430 g/mol. The van der Waals surface area contributed by atoms with Gasteiger partial charge in [0.1, 0.15) is 0 Å². The second kappa shape index (κ2) is 10.0. The average molecular weight is 462 g/mol. The predicted octanol–water partition coefficient (Wildman–Crippen LogP) is 4.72. The maximum atomic E-state index is 2.46. The number of para-hydroxylation sites is 1. The van der Waals surface area contributed by atoms with Gasteiger partial charge in [-0.25, -0.2) is 0 Å². The third-order valence-electron chi connectivity index (χ3n) is 5.91. The summed E-state index contributed by atoms with van der Waals surface area (Å²) < 4.78 is 2.46. The first-order valence-corrected chi connectivity index (χ1v) is 12.1. The van der Waals surface area contributed by atoms with Gasteiger partial charge >= 0.3 is 0 Å². The summed E-state index contributed by atoms with van der Waals surface area (Å²) in [6.45, 7) is 13.3. The summed E-state index contributed by atoms with van der Waals surface area (Å²) in [6.07, 6.45) is 2.10. The summed E-state index contributed by atoms with van der Waals surface area (Å²) in [4.78, 5) is 1.48. The molecule has 0 atom stereocenters. The molecule has 1 aromatic heterocycles. The second-order valence-corrected chi connectivity index (χ2v) is 9.56. The van der Waals surface area contributed by atoms with E-state index in [0.717, 1.165) is 12.8 Å². The van der Waals surface area contributed by atoms with Crippen molar-refractivity contribution in [2.24, 2.45) is 0 Å². The number of hydrogen-bond donors (Lipinski definition) is 0. The first-order chi connectivity index (χ1) is 14.9. The number of halogens is 1. The molecule has 0 aliphatic carbocycles. The van der Waals surface area contributed by atoms with E-state index in [1.54, 1.807) is 0 Å². The number of nitrogens with zero attached hydrogens (tertiary/aromatic N) is 1. The summed E-state index contributed by atoms with van der Waals surface area (Å²) >= 11 is 1.88. The lowest BCUT2D eigenvalue weighted by atomic mass is 9.92. The van der Waals surface area contributed by atoms with Crippen LogP contribution in [0.2, 0.25) is 0 Å². The van der Waals surface area contributed by atoms with Crippen LogP contribution in [0.1, 0.15) is 46.7 Å². The van der Waals surface area contributed by atoms with Gasteiger partial charge in [0, 0.05) is 6.42 Å². The van der Waals surface area contributed by atoms with Crippen LogP contribution in [0.5, 0.6) is 0 Å². The molecule has 3 heteroatoms. The number of hydrogen-bond acceptors (Lipinski definition) is 1. The molecule has 0 N–H and O–H groups in total. The molecule has 4 rings (SSSR count). The molecule has 0 bridgehead atoms. The van der Waals surface area contributed by atoms with Gasteiger partial charge < -0.3 is 12.4 Å². The summed E-state index contributed by atoms with van der Waals surface area (Å²) in [5.41, 5.74) is 15.4. The zero-order chi connectivity index (χ0) is 22.1. The SMILES string of the molecule is CCc1sc[n+](-c2c(-c3cc(C)cc(C)c3)cccc2-c2cc(C)cc(C)c2)c1CC.[Cl-]. The molecule has 0 unspecified atom stereocenters. The van der Waals surface area contributed by atoms with Crippen LogP contribution in [-0.4, -0.2) is 0 Å². The van der Waals surface area contributed by atoms with Crippen molar-refractivity contribution < 1.29 is 17.0 Å². The molecule has 1 heterocycles. The quantitative estimate of drug-likeness (QED) is 0.378. The number of aryl methyl sites for hydroxylation is 5. The lowest BCUT2D eigenvalue weighted by Crippen LogP contribution is -3.00. The van der Waals surface area contributed by atoms with Gasteiger partial charge in [-0.1, -0.05) is 89.9 Å². The maximum Gasteiger partial charge on any atom is 0.231 e. The van der Waals surface area contributed by atoms with Crippen LogP contribution in [0.15, 0.2) is 60.1 Å². The minimum atomic E-state index is 0. The van der Waals surface area contributed by atoms with Gasteiger partial charge in [-0.2, -0.15) is 4.57 Å². The Labute approximate surface area is 203 Å². The lowest BCUT2D eigenvalue weighted by Gasteiger charge is -2.13. The van der Waals surface area contributed by atoms with E-state index in [1.165, 1.54) is 60.8 Å². The Bertz CT molecular complexity index is 1140. The second-order valence-electron chi connectivity index (χ2n) is 8.62. The highest BCUT2D eigenvalue weighted by Gasteiger charge is 2.27. The maximum absolute atomic E-state index is 2.46. The van der Waals surface area contributed by atoms with Crippen LogP contribution in [0.4, 0.5) is 0 Å². The van der Waals surface area contributed by atoms with Gasteiger partial charge in [-0.3, -0.25) is 0 Å². The zero-order valence-electron chi connectivity index (χ0n) is 19.9. The zero-order valence-corrected chi connectivity index (χ0v) is 21.5. The summed E-state index contributed by atoms with van der Waals surface area (Å²) in [5.74, 6) is 0. The molecule has 0 saturated carbocycles. The number of rotatable bonds is 5. The van der Waals surface area contributed by atoms with Gasteiger partial charge in [-0.15, -0.1) is 0 Å². The van der Waals surface area contributed by atoms with Gasteiger partial charge in [0.15, 0.2) is 0 Å². The Hall–Kier alpha value is -2.42. The molecule has 1 nitrogen and oxygen atoms in total. The van der Waals surface area contributed by atoms with Gasteiger partial charge in [-0.05, 0) is 57.4 Å². The van der Waals surface area contributed by atoms with Crippen LogP contribution in [0, 0.1) is 27.7 Å². The van der Waals surface area contributed by atoms with Crippen LogP contribution in [0.25, 0.3) is 27.9 Å². The first-order valence-electron chi connectivity index (χ1n) is 11.2.